The van der Waals surface area contributed by atoms with Crippen LogP contribution in [0.15, 0.2) is 18.2 Å². The summed E-state index contributed by atoms with van der Waals surface area (Å²) in [5.41, 5.74) is 0.299. The molecule has 1 saturated heterocycles. The first-order chi connectivity index (χ1) is 13.4. The number of anilines is 2. The van der Waals surface area contributed by atoms with Crippen molar-refractivity contribution in [1.29, 1.82) is 0 Å². The Labute approximate surface area is 165 Å². The Hall–Kier alpha value is -1.72. The van der Waals surface area contributed by atoms with Crippen LogP contribution in [0.1, 0.15) is 70.3 Å². The highest BCUT2D eigenvalue weighted by molar-refractivity contribution is 5.96. The standard InChI is InChI=1S/C22H31F3N2O/c1-2-6-16-7-9-17(10-8-16)21(28)26-19-15-18(22(23,24)25)11-12-20(19)27-13-4-3-5-14-27/h11-12,15-17H,2-10,13-14H2,1H3,(H,26,28). The molecule has 0 radical (unpaired) electrons. The monoisotopic (exact) mass is 396 g/mol. The average Bonchev–Trinajstić information content (AvgIpc) is 2.69. The van der Waals surface area contributed by atoms with Crippen LogP contribution in [-0.2, 0) is 11.0 Å². The molecule has 0 atom stereocenters. The first-order valence-electron chi connectivity index (χ1n) is 10.7. The van der Waals surface area contributed by atoms with E-state index in [1.165, 1.54) is 12.5 Å². The quantitative estimate of drug-likeness (QED) is 0.639. The molecule has 28 heavy (non-hydrogen) atoms. The number of nitrogens with zero attached hydrogens (tertiary/aromatic N) is 1. The summed E-state index contributed by atoms with van der Waals surface area (Å²) in [7, 11) is 0. The molecule has 3 nitrogen and oxygen atoms in total. The third-order valence-corrected chi connectivity index (χ3v) is 6.19. The van der Waals surface area contributed by atoms with Gasteiger partial charge in [0.15, 0.2) is 0 Å². The van der Waals surface area contributed by atoms with E-state index < -0.39 is 11.7 Å². The largest absolute Gasteiger partial charge is 0.416 e. The lowest BCUT2D eigenvalue weighted by Gasteiger charge is -2.32. The first-order valence-corrected chi connectivity index (χ1v) is 10.7. The Morgan fingerprint density at radius 1 is 1.11 bits per heavy atom. The van der Waals surface area contributed by atoms with Crippen molar-refractivity contribution in [2.24, 2.45) is 11.8 Å². The fraction of sp³-hybridized carbons (Fsp3) is 0.682. The maximum Gasteiger partial charge on any atom is 0.416 e. The molecule has 1 aliphatic carbocycles. The lowest BCUT2D eigenvalue weighted by molar-refractivity contribution is -0.137. The van der Waals surface area contributed by atoms with Gasteiger partial charge in [-0.3, -0.25) is 4.79 Å². The second kappa shape index (κ2) is 9.19. The van der Waals surface area contributed by atoms with E-state index in [1.807, 2.05) is 0 Å². The van der Waals surface area contributed by atoms with Gasteiger partial charge in [0.2, 0.25) is 5.91 Å². The number of carbonyl (C=O) groups excluding carboxylic acids is 1. The van der Waals surface area contributed by atoms with E-state index in [0.29, 0.717) is 17.3 Å². The van der Waals surface area contributed by atoms with Crippen molar-refractivity contribution in [2.45, 2.75) is 70.9 Å². The number of alkyl halides is 3. The molecule has 1 aliphatic heterocycles. The Morgan fingerprint density at radius 2 is 1.79 bits per heavy atom. The van der Waals surface area contributed by atoms with Crippen LogP contribution in [0.2, 0.25) is 0 Å². The predicted molar refractivity (Wildman–Crippen MR) is 106 cm³/mol. The van der Waals surface area contributed by atoms with Gasteiger partial charge >= 0.3 is 6.18 Å². The highest BCUT2D eigenvalue weighted by atomic mass is 19.4. The van der Waals surface area contributed by atoms with E-state index in [4.69, 9.17) is 0 Å². The van der Waals surface area contributed by atoms with Crippen molar-refractivity contribution in [3.05, 3.63) is 23.8 Å². The van der Waals surface area contributed by atoms with Gasteiger partial charge in [-0.15, -0.1) is 0 Å². The Morgan fingerprint density at radius 3 is 2.39 bits per heavy atom. The van der Waals surface area contributed by atoms with Crippen molar-refractivity contribution < 1.29 is 18.0 Å². The molecule has 2 fully saturated rings. The third kappa shape index (κ3) is 5.21. The predicted octanol–water partition coefficient (Wildman–Crippen LogP) is 6.24. The fourth-order valence-corrected chi connectivity index (χ4v) is 4.58. The van der Waals surface area contributed by atoms with E-state index in [0.717, 1.165) is 76.6 Å². The highest BCUT2D eigenvalue weighted by Gasteiger charge is 2.32. The maximum atomic E-state index is 13.2. The molecular formula is C22H31F3N2O. The zero-order valence-corrected chi connectivity index (χ0v) is 16.7. The minimum absolute atomic E-state index is 0.100. The van der Waals surface area contributed by atoms with E-state index in [2.05, 4.69) is 17.1 Å². The van der Waals surface area contributed by atoms with Crippen LogP contribution in [-0.4, -0.2) is 19.0 Å². The van der Waals surface area contributed by atoms with Crippen LogP contribution in [0.4, 0.5) is 24.5 Å². The lowest BCUT2D eigenvalue weighted by atomic mass is 9.79. The summed E-state index contributed by atoms with van der Waals surface area (Å²) in [6.45, 7) is 3.81. The number of piperidine rings is 1. The molecule has 1 N–H and O–H groups in total. The summed E-state index contributed by atoms with van der Waals surface area (Å²) >= 11 is 0. The molecule has 0 aromatic heterocycles. The molecule has 156 valence electrons. The normalized spacial score (nSPS) is 23.5. The number of rotatable bonds is 5. The molecule has 0 bridgehead atoms. The van der Waals surface area contributed by atoms with Crippen LogP contribution in [0, 0.1) is 11.8 Å². The van der Waals surface area contributed by atoms with E-state index >= 15 is 0 Å². The first kappa shape index (κ1) is 21.0. The fourth-order valence-electron chi connectivity index (χ4n) is 4.58. The van der Waals surface area contributed by atoms with Crippen molar-refractivity contribution in [3.8, 4) is 0 Å². The molecule has 1 amide bonds. The van der Waals surface area contributed by atoms with Crippen LogP contribution in [0.5, 0.6) is 0 Å². The zero-order valence-electron chi connectivity index (χ0n) is 16.7. The molecule has 6 heteroatoms. The second-order valence-electron chi connectivity index (χ2n) is 8.27. The number of carbonyl (C=O) groups is 1. The minimum atomic E-state index is -4.42. The maximum absolute atomic E-state index is 13.2. The highest BCUT2D eigenvalue weighted by Crippen LogP contribution is 2.38. The molecule has 0 unspecified atom stereocenters. The summed E-state index contributed by atoms with van der Waals surface area (Å²) < 4.78 is 39.7. The number of benzene rings is 1. The van der Waals surface area contributed by atoms with Gasteiger partial charge in [0.25, 0.3) is 0 Å². The molecule has 1 saturated carbocycles. The van der Waals surface area contributed by atoms with Gasteiger partial charge < -0.3 is 10.2 Å². The van der Waals surface area contributed by atoms with Crippen LogP contribution >= 0.6 is 0 Å². The minimum Gasteiger partial charge on any atom is -0.370 e. The number of nitrogens with one attached hydrogen (secondary N) is 1. The van der Waals surface area contributed by atoms with Gasteiger partial charge in [-0.2, -0.15) is 13.2 Å². The molecule has 1 aromatic carbocycles. The van der Waals surface area contributed by atoms with Gasteiger partial charge in [-0.1, -0.05) is 19.8 Å². The SMILES string of the molecule is CCCC1CCC(C(=O)Nc2cc(C(F)(F)F)ccc2N2CCCCC2)CC1. The van der Waals surface area contributed by atoms with E-state index in [1.54, 1.807) is 0 Å². The van der Waals surface area contributed by atoms with E-state index in [9.17, 15) is 18.0 Å². The van der Waals surface area contributed by atoms with Crippen molar-refractivity contribution in [1.82, 2.24) is 0 Å². The molecule has 0 spiro atoms. The van der Waals surface area contributed by atoms with Gasteiger partial charge in [-0.25, -0.2) is 0 Å². The third-order valence-electron chi connectivity index (χ3n) is 6.19. The van der Waals surface area contributed by atoms with Crippen LogP contribution in [0.3, 0.4) is 0 Å². The number of amides is 1. The Bertz CT molecular complexity index is 660. The summed E-state index contributed by atoms with van der Waals surface area (Å²) in [4.78, 5) is 14.9. The van der Waals surface area contributed by atoms with Gasteiger partial charge in [-0.05, 0) is 69.1 Å². The molecule has 1 heterocycles. The van der Waals surface area contributed by atoms with Crippen LogP contribution < -0.4 is 10.2 Å². The number of hydrogen-bond acceptors (Lipinski definition) is 2. The van der Waals surface area contributed by atoms with Gasteiger partial charge in [0.05, 0.1) is 16.9 Å². The summed E-state index contributed by atoms with van der Waals surface area (Å²) in [5, 5.41) is 2.86. The van der Waals surface area contributed by atoms with Crippen molar-refractivity contribution in [3.63, 3.8) is 0 Å². The Kier molecular flexibility index (Phi) is 6.89. The average molecular weight is 396 g/mol. The van der Waals surface area contributed by atoms with Crippen LogP contribution in [0.25, 0.3) is 0 Å². The smallest absolute Gasteiger partial charge is 0.370 e. The summed E-state index contributed by atoms with van der Waals surface area (Å²) in [6.07, 6.45) is 4.85. The zero-order chi connectivity index (χ0) is 20.1. The van der Waals surface area contributed by atoms with Crippen molar-refractivity contribution in [2.75, 3.05) is 23.3 Å². The van der Waals surface area contributed by atoms with E-state index in [-0.39, 0.29) is 11.8 Å². The molecule has 2 aliphatic rings. The van der Waals surface area contributed by atoms with Crippen molar-refractivity contribution >= 4 is 17.3 Å². The molecule has 1 aromatic rings. The molecular weight excluding hydrogens is 365 g/mol. The lowest BCUT2D eigenvalue weighted by Crippen LogP contribution is -2.32. The summed E-state index contributed by atoms with van der Waals surface area (Å²) in [6, 6.07) is 3.74. The van der Waals surface area contributed by atoms with Gasteiger partial charge in [0, 0.05) is 19.0 Å². The number of hydrogen-bond donors (Lipinski definition) is 1. The molecule has 3 rings (SSSR count). The summed E-state index contributed by atoms with van der Waals surface area (Å²) in [5.74, 6) is 0.455. The number of halogens is 3. The topological polar surface area (TPSA) is 32.3 Å². The second-order valence-corrected chi connectivity index (χ2v) is 8.27. The van der Waals surface area contributed by atoms with Gasteiger partial charge in [0.1, 0.15) is 0 Å². The Balaban J connectivity index is 1.75.